The molecule has 0 aromatic carbocycles. The van der Waals surface area contributed by atoms with Crippen molar-refractivity contribution in [3.63, 3.8) is 0 Å². The number of esters is 1. The predicted molar refractivity (Wildman–Crippen MR) is 74.0 cm³/mol. The fourth-order valence-corrected chi connectivity index (χ4v) is 1.67. The lowest BCUT2D eigenvalue weighted by atomic mass is 10.2. The minimum absolute atomic E-state index is 0.151. The molecule has 0 amide bonds. The summed E-state index contributed by atoms with van der Waals surface area (Å²) in [5.74, 6) is -2.43. The Bertz CT molecular complexity index is 617. The van der Waals surface area contributed by atoms with E-state index >= 15 is 0 Å². The lowest BCUT2D eigenvalue weighted by molar-refractivity contribution is -0.139. The molecular formula is C12H10BrF4N3O2. The number of nitrogens with zero attached hydrogens (tertiary/aromatic N) is 1. The molecule has 120 valence electrons. The number of halogens is 5. The van der Waals surface area contributed by atoms with E-state index in [9.17, 15) is 22.4 Å². The quantitative estimate of drug-likeness (QED) is 0.268. The largest absolute Gasteiger partial charge is 0.462 e. The molecular weight excluding hydrogens is 374 g/mol. The van der Waals surface area contributed by atoms with Crippen LogP contribution in [0.5, 0.6) is 0 Å². The minimum atomic E-state index is -4.97. The van der Waals surface area contributed by atoms with Crippen LogP contribution in [0.1, 0.15) is 6.92 Å². The SMILES string of the molecule is CCOC(=O)/C(C=N)=C(/Nc1ccc(F)c(Br)n1)C(F)(F)F. The Morgan fingerprint density at radius 3 is 2.59 bits per heavy atom. The molecule has 22 heavy (non-hydrogen) atoms. The second-order valence-electron chi connectivity index (χ2n) is 3.75. The molecule has 1 heterocycles. The number of carbonyl (C=O) groups excluding carboxylic acids is 1. The Hall–Kier alpha value is -1.97. The van der Waals surface area contributed by atoms with Crippen LogP contribution in [0.2, 0.25) is 0 Å². The second kappa shape index (κ2) is 7.34. The van der Waals surface area contributed by atoms with E-state index < -0.39 is 29.2 Å². The summed E-state index contributed by atoms with van der Waals surface area (Å²) in [7, 11) is 0. The average Bonchev–Trinajstić information content (AvgIpc) is 2.41. The fraction of sp³-hybridized carbons (Fsp3) is 0.250. The molecule has 2 N–H and O–H groups in total. The summed E-state index contributed by atoms with van der Waals surface area (Å²) >= 11 is 2.73. The van der Waals surface area contributed by atoms with Gasteiger partial charge in [0.1, 0.15) is 21.7 Å². The molecule has 0 aliphatic heterocycles. The van der Waals surface area contributed by atoms with E-state index in [1.807, 2.05) is 5.32 Å². The van der Waals surface area contributed by atoms with Gasteiger partial charge in [-0.2, -0.15) is 13.2 Å². The fourth-order valence-electron chi connectivity index (χ4n) is 1.35. The zero-order valence-electron chi connectivity index (χ0n) is 11.1. The maximum Gasteiger partial charge on any atom is 0.432 e. The lowest BCUT2D eigenvalue weighted by Gasteiger charge is -2.16. The Kier molecular flexibility index (Phi) is 6.03. The molecule has 1 rings (SSSR count). The van der Waals surface area contributed by atoms with Gasteiger partial charge in [-0.1, -0.05) is 0 Å². The smallest absolute Gasteiger partial charge is 0.432 e. The maximum atomic E-state index is 13.1. The number of rotatable bonds is 5. The van der Waals surface area contributed by atoms with Gasteiger partial charge < -0.3 is 15.5 Å². The van der Waals surface area contributed by atoms with Crippen LogP contribution in [-0.4, -0.2) is 30.0 Å². The van der Waals surface area contributed by atoms with Gasteiger partial charge in [-0.25, -0.2) is 14.2 Å². The molecule has 0 bridgehead atoms. The lowest BCUT2D eigenvalue weighted by Crippen LogP contribution is -2.26. The number of ether oxygens (including phenoxy) is 1. The van der Waals surface area contributed by atoms with Crippen LogP contribution in [0, 0.1) is 11.2 Å². The van der Waals surface area contributed by atoms with E-state index in [4.69, 9.17) is 5.41 Å². The third kappa shape index (κ3) is 4.52. The topological polar surface area (TPSA) is 75.1 Å². The van der Waals surface area contributed by atoms with Crippen molar-refractivity contribution >= 4 is 33.9 Å². The normalized spacial score (nSPS) is 12.5. The number of aromatic nitrogens is 1. The molecule has 5 nitrogen and oxygen atoms in total. The van der Waals surface area contributed by atoms with Gasteiger partial charge in [-0.3, -0.25) is 0 Å². The van der Waals surface area contributed by atoms with E-state index in [2.05, 4.69) is 25.7 Å². The van der Waals surface area contributed by atoms with Crippen LogP contribution >= 0.6 is 15.9 Å². The highest BCUT2D eigenvalue weighted by Gasteiger charge is 2.39. The number of allylic oxidation sites excluding steroid dienone is 1. The van der Waals surface area contributed by atoms with Gasteiger partial charge in [-0.05, 0) is 35.0 Å². The number of carbonyl (C=O) groups is 1. The Morgan fingerprint density at radius 1 is 1.50 bits per heavy atom. The first kappa shape index (κ1) is 18.1. The molecule has 1 aromatic rings. The molecule has 1 aromatic heterocycles. The van der Waals surface area contributed by atoms with Crippen LogP contribution in [0.4, 0.5) is 23.4 Å². The van der Waals surface area contributed by atoms with E-state index in [-0.39, 0.29) is 23.2 Å². The van der Waals surface area contributed by atoms with E-state index in [0.29, 0.717) is 0 Å². The summed E-state index contributed by atoms with van der Waals surface area (Å²) in [5, 5.41) is 8.88. The van der Waals surface area contributed by atoms with Crippen LogP contribution in [0.25, 0.3) is 0 Å². The third-order valence-corrected chi connectivity index (χ3v) is 2.80. The minimum Gasteiger partial charge on any atom is -0.462 e. The zero-order valence-corrected chi connectivity index (χ0v) is 12.7. The molecule has 10 heteroatoms. The van der Waals surface area contributed by atoms with Crippen molar-refractivity contribution in [1.29, 1.82) is 5.41 Å². The summed E-state index contributed by atoms with van der Waals surface area (Å²) < 4.78 is 56.5. The van der Waals surface area contributed by atoms with Gasteiger partial charge in [0.15, 0.2) is 5.82 Å². The van der Waals surface area contributed by atoms with Crippen LogP contribution < -0.4 is 5.32 Å². The number of alkyl halides is 3. The Morgan fingerprint density at radius 2 is 2.14 bits per heavy atom. The standard InChI is InChI=1S/C12H10BrF4N3O2/c1-2-22-11(21)6(5-18)9(12(15,16)17)19-8-4-3-7(14)10(13)20-8/h3-5,18H,2H2,1H3,(H,19,20)/b9-6+,18-5?. The van der Waals surface area contributed by atoms with Crippen LogP contribution in [0.15, 0.2) is 28.0 Å². The van der Waals surface area contributed by atoms with Crippen molar-refractivity contribution in [1.82, 2.24) is 4.98 Å². The molecule has 0 saturated heterocycles. The third-order valence-electron chi connectivity index (χ3n) is 2.25. The van der Waals surface area contributed by atoms with Crippen molar-refractivity contribution in [2.45, 2.75) is 13.1 Å². The molecule has 0 aliphatic carbocycles. The number of nitrogens with one attached hydrogen (secondary N) is 2. The van der Waals surface area contributed by atoms with Gasteiger partial charge in [-0.15, -0.1) is 0 Å². The van der Waals surface area contributed by atoms with Gasteiger partial charge in [0.05, 0.1) is 6.61 Å². The summed E-state index contributed by atoms with van der Waals surface area (Å²) in [5.41, 5.74) is -2.54. The highest BCUT2D eigenvalue weighted by molar-refractivity contribution is 9.10. The van der Waals surface area contributed by atoms with Gasteiger partial charge in [0, 0.05) is 6.21 Å². The maximum absolute atomic E-state index is 13.1. The molecule has 0 unspecified atom stereocenters. The number of pyridine rings is 1. The van der Waals surface area contributed by atoms with E-state index in [1.54, 1.807) is 0 Å². The molecule has 0 atom stereocenters. The molecule has 0 radical (unpaired) electrons. The van der Waals surface area contributed by atoms with Crippen molar-refractivity contribution < 1.29 is 27.1 Å². The van der Waals surface area contributed by atoms with Gasteiger partial charge >= 0.3 is 12.1 Å². The van der Waals surface area contributed by atoms with Crippen molar-refractivity contribution in [3.8, 4) is 0 Å². The van der Waals surface area contributed by atoms with Crippen molar-refractivity contribution in [2.75, 3.05) is 11.9 Å². The van der Waals surface area contributed by atoms with Gasteiger partial charge in [0.2, 0.25) is 0 Å². The highest BCUT2D eigenvalue weighted by Crippen LogP contribution is 2.29. The molecule has 0 saturated carbocycles. The second-order valence-corrected chi connectivity index (χ2v) is 4.50. The average molecular weight is 384 g/mol. The summed E-state index contributed by atoms with van der Waals surface area (Å²) in [6, 6.07) is 1.85. The Balaban J connectivity index is 3.31. The zero-order chi connectivity index (χ0) is 16.9. The first-order valence-corrected chi connectivity index (χ1v) is 6.58. The number of hydrogen-bond donors (Lipinski definition) is 2. The van der Waals surface area contributed by atoms with E-state index in [1.165, 1.54) is 6.92 Å². The highest BCUT2D eigenvalue weighted by atomic mass is 79.9. The van der Waals surface area contributed by atoms with Gasteiger partial charge in [0.25, 0.3) is 0 Å². The molecule has 0 aliphatic rings. The van der Waals surface area contributed by atoms with Crippen LogP contribution in [-0.2, 0) is 9.53 Å². The molecule has 0 fully saturated rings. The predicted octanol–water partition coefficient (Wildman–Crippen LogP) is 3.42. The first-order chi connectivity index (χ1) is 10.2. The monoisotopic (exact) mass is 383 g/mol. The first-order valence-electron chi connectivity index (χ1n) is 5.78. The summed E-state index contributed by atoms with van der Waals surface area (Å²) in [6.45, 7) is 1.26. The Labute approximate surface area is 131 Å². The summed E-state index contributed by atoms with van der Waals surface area (Å²) in [4.78, 5) is 15.0. The van der Waals surface area contributed by atoms with Crippen LogP contribution in [0.3, 0.4) is 0 Å². The molecule has 0 spiro atoms. The van der Waals surface area contributed by atoms with Crippen molar-refractivity contribution in [2.24, 2.45) is 0 Å². The summed E-state index contributed by atoms with van der Waals surface area (Å²) in [6.07, 6.45) is -4.74. The van der Waals surface area contributed by atoms with E-state index in [0.717, 1.165) is 12.1 Å². The number of hydrogen-bond acceptors (Lipinski definition) is 5. The number of anilines is 1. The van der Waals surface area contributed by atoms with Crippen molar-refractivity contribution in [3.05, 3.63) is 33.8 Å².